The van der Waals surface area contributed by atoms with Crippen LogP contribution < -0.4 is 15.0 Å². The summed E-state index contributed by atoms with van der Waals surface area (Å²) in [5.41, 5.74) is 1.22. The van der Waals surface area contributed by atoms with E-state index in [9.17, 15) is 4.79 Å². The normalized spacial score (nSPS) is 18.0. The molecular formula is C18H29N2O2+. The quantitative estimate of drug-likeness (QED) is 0.802. The molecule has 1 aromatic carbocycles. The van der Waals surface area contributed by atoms with Gasteiger partial charge in [-0.2, -0.15) is 0 Å². The van der Waals surface area contributed by atoms with Gasteiger partial charge in [-0.3, -0.25) is 4.79 Å². The van der Waals surface area contributed by atoms with Gasteiger partial charge in [-0.15, -0.1) is 0 Å². The van der Waals surface area contributed by atoms with Crippen molar-refractivity contribution in [1.29, 1.82) is 0 Å². The molecule has 1 saturated carbocycles. The molecule has 2 rings (SSSR count). The molecule has 0 aliphatic heterocycles. The van der Waals surface area contributed by atoms with Crippen molar-refractivity contribution in [3.8, 4) is 5.75 Å². The van der Waals surface area contributed by atoms with E-state index in [0.717, 1.165) is 25.1 Å². The molecule has 0 heterocycles. The zero-order valence-corrected chi connectivity index (χ0v) is 14.0. The zero-order valence-electron chi connectivity index (χ0n) is 14.0. The van der Waals surface area contributed by atoms with E-state index < -0.39 is 0 Å². The van der Waals surface area contributed by atoms with Crippen LogP contribution in [0.15, 0.2) is 24.3 Å². The van der Waals surface area contributed by atoms with E-state index >= 15 is 0 Å². The number of likely N-dealkylation sites (N-methyl/N-ethyl adjacent to an activating group) is 1. The van der Waals surface area contributed by atoms with Crippen LogP contribution in [-0.2, 0) is 11.3 Å². The molecule has 1 amide bonds. The Morgan fingerprint density at radius 1 is 1.32 bits per heavy atom. The number of hydrogen-bond acceptors (Lipinski definition) is 2. The molecule has 1 unspecified atom stereocenters. The fourth-order valence-electron chi connectivity index (χ4n) is 2.97. The van der Waals surface area contributed by atoms with E-state index in [1.54, 1.807) is 0 Å². The first-order valence-electron chi connectivity index (χ1n) is 8.44. The van der Waals surface area contributed by atoms with Crippen molar-refractivity contribution >= 4 is 5.91 Å². The van der Waals surface area contributed by atoms with Crippen molar-refractivity contribution < 1.29 is 14.4 Å². The van der Waals surface area contributed by atoms with Gasteiger partial charge >= 0.3 is 0 Å². The van der Waals surface area contributed by atoms with E-state index in [-0.39, 0.29) is 11.9 Å². The standard InChI is InChI=1S/C18H28N2O2/c1-4-22-17-11-9-15(10-12-17)13-20(3)14(2)18(21)19-16-7-5-6-8-16/h9-12,14,16H,4-8,13H2,1-3H3,(H,19,21)/p+1/t14-/m1/s1. The van der Waals surface area contributed by atoms with Crippen LogP contribution in [0.4, 0.5) is 0 Å². The van der Waals surface area contributed by atoms with Crippen molar-refractivity contribution in [3.63, 3.8) is 0 Å². The van der Waals surface area contributed by atoms with E-state index in [1.807, 2.05) is 26.0 Å². The summed E-state index contributed by atoms with van der Waals surface area (Å²) in [6, 6.07) is 8.51. The molecule has 1 aliphatic carbocycles. The summed E-state index contributed by atoms with van der Waals surface area (Å²) >= 11 is 0. The Morgan fingerprint density at radius 2 is 1.95 bits per heavy atom. The van der Waals surface area contributed by atoms with Crippen LogP contribution in [-0.4, -0.2) is 31.6 Å². The van der Waals surface area contributed by atoms with E-state index in [0.29, 0.717) is 12.6 Å². The summed E-state index contributed by atoms with van der Waals surface area (Å²) in [5.74, 6) is 1.08. The van der Waals surface area contributed by atoms with Crippen LogP contribution in [0.1, 0.15) is 45.1 Å². The largest absolute Gasteiger partial charge is 0.494 e. The van der Waals surface area contributed by atoms with Crippen LogP contribution in [0.3, 0.4) is 0 Å². The van der Waals surface area contributed by atoms with Crippen LogP contribution in [0.5, 0.6) is 5.75 Å². The Hall–Kier alpha value is -1.55. The minimum atomic E-state index is -0.0350. The van der Waals surface area contributed by atoms with Crippen molar-refractivity contribution in [2.75, 3.05) is 13.7 Å². The highest BCUT2D eigenvalue weighted by Crippen LogP contribution is 2.17. The Kier molecular flexibility index (Phi) is 6.25. The maximum absolute atomic E-state index is 12.3. The molecule has 0 saturated heterocycles. The summed E-state index contributed by atoms with van der Waals surface area (Å²) in [6.07, 6.45) is 4.76. The first kappa shape index (κ1) is 16.8. The van der Waals surface area contributed by atoms with E-state index in [4.69, 9.17) is 4.74 Å². The second-order valence-corrected chi connectivity index (χ2v) is 6.31. The summed E-state index contributed by atoms with van der Waals surface area (Å²) in [7, 11) is 2.08. The number of nitrogens with one attached hydrogen (secondary N) is 2. The average Bonchev–Trinajstić information content (AvgIpc) is 3.01. The van der Waals surface area contributed by atoms with Crippen molar-refractivity contribution in [2.45, 2.75) is 58.2 Å². The maximum atomic E-state index is 12.3. The van der Waals surface area contributed by atoms with Crippen LogP contribution in [0, 0.1) is 0 Å². The Morgan fingerprint density at radius 3 is 2.55 bits per heavy atom. The lowest BCUT2D eigenvalue weighted by Crippen LogP contribution is -3.12. The molecule has 2 N–H and O–H groups in total. The predicted octanol–water partition coefficient (Wildman–Crippen LogP) is 1.55. The van der Waals surface area contributed by atoms with Gasteiger partial charge in [0.15, 0.2) is 6.04 Å². The van der Waals surface area contributed by atoms with E-state index in [1.165, 1.54) is 23.3 Å². The molecule has 22 heavy (non-hydrogen) atoms. The molecular weight excluding hydrogens is 276 g/mol. The average molecular weight is 305 g/mol. The number of amides is 1. The van der Waals surface area contributed by atoms with Gasteiger partial charge in [0.1, 0.15) is 12.3 Å². The Labute approximate surface area is 133 Å². The molecule has 4 nitrogen and oxygen atoms in total. The van der Waals surface area contributed by atoms with Gasteiger partial charge in [0.25, 0.3) is 5.91 Å². The number of hydrogen-bond donors (Lipinski definition) is 2. The smallest absolute Gasteiger partial charge is 0.278 e. The highest BCUT2D eigenvalue weighted by Gasteiger charge is 2.25. The molecule has 0 aromatic heterocycles. The maximum Gasteiger partial charge on any atom is 0.278 e. The summed E-state index contributed by atoms with van der Waals surface area (Å²) in [4.78, 5) is 13.5. The molecule has 1 fully saturated rings. The number of carbonyl (C=O) groups excluding carboxylic acids is 1. The SMILES string of the molecule is CCOc1ccc(C[NH+](C)[C@H](C)C(=O)NC2CCCC2)cc1. The van der Waals surface area contributed by atoms with Gasteiger partial charge < -0.3 is 15.0 Å². The van der Waals surface area contributed by atoms with Gasteiger partial charge in [0, 0.05) is 11.6 Å². The van der Waals surface area contributed by atoms with Gasteiger partial charge in [-0.1, -0.05) is 12.8 Å². The first-order valence-corrected chi connectivity index (χ1v) is 8.44. The fourth-order valence-corrected chi connectivity index (χ4v) is 2.97. The van der Waals surface area contributed by atoms with Gasteiger partial charge in [-0.05, 0) is 51.0 Å². The lowest BCUT2D eigenvalue weighted by molar-refractivity contribution is -0.908. The van der Waals surface area contributed by atoms with Crippen LogP contribution >= 0.6 is 0 Å². The number of quaternary nitrogens is 1. The second kappa shape index (κ2) is 8.18. The van der Waals surface area contributed by atoms with Crippen LogP contribution in [0.2, 0.25) is 0 Å². The molecule has 4 heteroatoms. The summed E-state index contributed by atoms with van der Waals surface area (Å²) in [5, 5.41) is 3.19. The number of benzene rings is 1. The van der Waals surface area contributed by atoms with Crippen molar-refractivity contribution in [3.05, 3.63) is 29.8 Å². The zero-order chi connectivity index (χ0) is 15.9. The molecule has 2 atom stereocenters. The van der Waals surface area contributed by atoms with E-state index in [2.05, 4.69) is 24.5 Å². The minimum Gasteiger partial charge on any atom is -0.494 e. The molecule has 0 spiro atoms. The van der Waals surface area contributed by atoms with Crippen molar-refractivity contribution in [2.24, 2.45) is 0 Å². The number of ether oxygens (including phenoxy) is 1. The lowest BCUT2D eigenvalue weighted by atomic mass is 10.1. The first-order chi connectivity index (χ1) is 10.6. The monoisotopic (exact) mass is 305 g/mol. The van der Waals surface area contributed by atoms with Gasteiger partial charge in [-0.25, -0.2) is 0 Å². The van der Waals surface area contributed by atoms with Crippen LogP contribution in [0.25, 0.3) is 0 Å². The number of rotatable bonds is 7. The molecule has 1 aromatic rings. The predicted molar refractivity (Wildman–Crippen MR) is 88.1 cm³/mol. The third-order valence-corrected chi connectivity index (χ3v) is 4.55. The summed E-state index contributed by atoms with van der Waals surface area (Å²) in [6.45, 7) is 5.51. The minimum absolute atomic E-state index is 0.0350. The summed E-state index contributed by atoms with van der Waals surface area (Å²) < 4.78 is 5.45. The highest BCUT2D eigenvalue weighted by molar-refractivity contribution is 5.80. The highest BCUT2D eigenvalue weighted by atomic mass is 16.5. The Bertz CT molecular complexity index is 466. The molecule has 122 valence electrons. The number of carbonyl (C=O) groups is 1. The third-order valence-electron chi connectivity index (χ3n) is 4.55. The molecule has 0 radical (unpaired) electrons. The van der Waals surface area contributed by atoms with Crippen molar-refractivity contribution in [1.82, 2.24) is 5.32 Å². The van der Waals surface area contributed by atoms with Gasteiger partial charge in [0.2, 0.25) is 0 Å². The molecule has 1 aliphatic rings. The van der Waals surface area contributed by atoms with Gasteiger partial charge in [0.05, 0.1) is 13.7 Å². The second-order valence-electron chi connectivity index (χ2n) is 6.31. The fraction of sp³-hybridized carbons (Fsp3) is 0.611. The topological polar surface area (TPSA) is 42.8 Å². The lowest BCUT2D eigenvalue weighted by Gasteiger charge is -2.23. The molecule has 0 bridgehead atoms. The Balaban J connectivity index is 1.84. The third kappa shape index (κ3) is 4.73.